The van der Waals surface area contributed by atoms with Crippen molar-refractivity contribution in [1.29, 1.82) is 0 Å². The van der Waals surface area contributed by atoms with E-state index in [1.54, 1.807) is 14.2 Å². The van der Waals surface area contributed by atoms with Gasteiger partial charge >= 0.3 is 0 Å². The lowest BCUT2D eigenvalue weighted by atomic mass is 10.1. The molecule has 0 atom stereocenters. The van der Waals surface area contributed by atoms with Crippen molar-refractivity contribution in [3.8, 4) is 22.6 Å². The van der Waals surface area contributed by atoms with E-state index >= 15 is 0 Å². The number of benzene rings is 2. The molecule has 5 rings (SSSR count). The molecule has 0 saturated carbocycles. The topological polar surface area (TPSA) is 59.7 Å². The van der Waals surface area contributed by atoms with Crippen LogP contribution < -0.4 is 9.47 Å². The molecule has 1 N–H and O–H groups in total. The van der Waals surface area contributed by atoms with Gasteiger partial charge in [0.25, 0.3) is 0 Å². The Bertz CT molecular complexity index is 1070. The number of rotatable bonds is 3. The number of pyridine rings is 1. The zero-order valence-electron chi connectivity index (χ0n) is 19.9. The van der Waals surface area contributed by atoms with Gasteiger partial charge in [-0.05, 0) is 43.2 Å². The van der Waals surface area contributed by atoms with Gasteiger partial charge in [-0.25, -0.2) is 4.98 Å². The molecule has 5 nitrogen and oxygen atoms in total. The molecule has 4 aromatic rings. The molecule has 3 heterocycles. The van der Waals surface area contributed by atoms with Crippen molar-refractivity contribution >= 4 is 11.0 Å². The number of H-pyrrole nitrogens is 1. The van der Waals surface area contributed by atoms with E-state index in [2.05, 4.69) is 46.8 Å². The number of aromatic nitrogens is 2. The number of fused-ring (bicyclic) bond motifs is 1. The van der Waals surface area contributed by atoms with Crippen LogP contribution in [0.4, 0.5) is 0 Å². The molecular formula is C27H34N2O3. The summed E-state index contributed by atoms with van der Waals surface area (Å²) in [5.41, 5.74) is 5.53. The van der Waals surface area contributed by atoms with Crippen molar-refractivity contribution in [3.63, 3.8) is 0 Å². The van der Waals surface area contributed by atoms with Gasteiger partial charge < -0.3 is 19.2 Å². The van der Waals surface area contributed by atoms with E-state index in [0.717, 1.165) is 46.9 Å². The molecule has 1 aliphatic heterocycles. The molecule has 0 unspecified atom stereocenters. The predicted octanol–water partition coefficient (Wildman–Crippen LogP) is 6.59. The van der Waals surface area contributed by atoms with Crippen LogP contribution in [0.5, 0.6) is 11.5 Å². The van der Waals surface area contributed by atoms with Gasteiger partial charge in [0, 0.05) is 23.3 Å². The fourth-order valence-electron chi connectivity index (χ4n) is 2.84. The summed E-state index contributed by atoms with van der Waals surface area (Å²) >= 11 is 0. The zero-order valence-corrected chi connectivity index (χ0v) is 19.9. The molecule has 0 bridgehead atoms. The van der Waals surface area contributed by atoms with Gasteiger partial charge in [-0.2, -0.15) is 0 Å². The van der Waals surface area contributed by atoms with Crippen molar-refractivity contribution in [2.75, 3.05) is 27.4 Å². The van der Waals surface area contributed by atoms with Gasteiger partial charge in [0.1, 0.15) is 5.65 Å². The number of ether oxygens (including phenoxy) is 3. The molecule has 0 spiro atoms. The number of aromatic amines is 1. The number of nitrogens with zero attached hydrogens (tertiary/aromatic N) is 1. The molecule has 2 aromatic heterocycles. The second kappa shape index (κ2) is 13.2. The van der Waals surface area contributed by atoms with E-state index in [-0.39, 0.29) is 0 Å². The predicted molar refractivity (Wildman–Crippen MR) is 133 cm³/mol. The van der Waals surface area contributed by atoms with Gasteiger partial charge in [-0.3, -0.25) is 0 Å². The molecule has 0 radical (unpaired) electrons. The van der Waals surface area contributed by atoms with Crippen LogP contribution in [-0.2, 0) is 4.74 Å². The van der Waals surface area contributed by atoms with E-state index in [1.807, 2.05) is 62.6 Å². The maximum Gasteiger partial charge on any atom is 0.161 e. The van der Waals surface area contributed by atoms with Crippen LogP contribution in [0.1, 0.15) is 25.0 Å². The Balaban J connectivity index is 0.000000248. The van der Waals surface area contributed by atoms with Crippen molar-refractivity contribution in [2.45, 2.75) is 27.7 Å². The minimum absolute atomic E-state index is 0.718. The maximum absolute atomic E-state index is 5.34. The lowest BCUT2D eigenvalue weighted by molar-refractivity contribution is 0.355. The molecule has 32 heavy (non-hydrogen) atoms. The number of hydrogen-bond donors (Lipinski definition) is 1. The average molecular weight is 435 g/mol. The number of aryl methyl sites for hydroxylation is 2. The van der Waals surface area contributed by atoms with Gasteiger partial charge in [-0.15, -0.1) is 0 Å². The molecule has 1 aliphatic rings. The number of epoxide rings is 1. The highest BCUT2D eigenvalue weighted by molar-refractivity contribution is 5.84. The maximum atomic E-state index is 5.34. The van der Waals surface area contributed by atoms with E-state index in [9.17, 15) is 0 Å². The van der Waals surface area contributed by atoms with Crippen molar-refractivity contribution in [1.82, 2.24) is 9.97 Å². The Labute approximate surface area is 191 Å². The van der Waals surface area contributed by atoms with E-state index in [4.69, 9.17) is 9.47 Å². The van der Waals surface area contributed by atoms with Crippen LogP contribution in [0, 0.1) is 13.8 Å². The largest absolute Gasteiger partial charge is 0.493 e. The van der Waals surface area contributed by atoms with Crippen LogP contribution in [0.3, 0.4) is 0 Å². The standard InChI is InChI=1S/C16H16N2O2.C7H8.C2H4O.C2H6/c1-10-8-17-16-13(10)6-12(9-18-16)11-4-5-14(19-2)15(7-11)20-3;1-7-5-3-2-4-6-7;1-2-3-1;1-2/h4-9H,1-3H3,(H,17,18);2-6H,1H3;1-2H2;1-2H3. The molecule has 5 heteroatoms. The van der Waals surface area contributed by atoms with Gasteiger partial charge in [0.2, 0.25) is 0 Å². The Kier molecular flexibility index (Phi) is 10.3. The second-order valence-electron chi connectivity index (χ2n) is 6.93. The van der Waals surface area contributed by atoms with Crippen LogP contribution in [0.15, 0.2) is 67.0 Å². The summed E-state index contributed by atoms with van der Waals surface area (Å²) in [5, 5.41) is 1.14. The monoisotopic (exact) mass is 434 g/mol. The number of nitrogens with one attached hydrogen (secondary N) is 1. The fraction of sp³-hybridized carbons (Fsp3) is 0.296. The minimum atomic E-state index is 0.718. The quantitative estimate of drug-likeness (QED) is 0.369. The highest BCUT2D eigenvalue weighted by Crippen LogP contribution is 2.33. The number of hydrogen-bond acceptors (Lipinski definition) is 4. The highest BCUT2D eigenvalue weighted by Gasteiger charge is 2.08. The Hall–Kier alpha value is -3.31. The molecule has 1 saturated heterocycles. The third-order valence-electron chi connectivity index (χ3n) is 4.60. The summed E-state index contributed by atoms with van der Waals surface area (Å²) in [6.45, 7) is 10.2. The summed E-state index contributed by atoms with van der Waals surface area (Å²) in [7, 11) is 3.27. The van der Waals surface area contributed by atoms with Crippen molar-refractivity contribution in [2.24, 2.45) is 0 Å². The lowest BCUT2D eigenvalue weighted by Gasteiger charge is -2.09. The molecule has 170 valence electrons. The molecule has 0 aliphatic carbocycles. The Morgan fingerprint density at radius 3 is 2.03 bits per heavy atom. The zero-order chi connectivity index (χ0) is 23.3. The average Bonchev–Trinajstić information content (AvgIpc) is 3.70. The first-order valence-corrected chi connectivity index (χ1v) is 10.9. The third kappa shape index (κ3) is 7.43. The minimum Gasteiger partial charge on any atom is -0.493 e. The van der Waals surface area contributed by atoms with E-state index < -0.39 is 0 Å². The van der Waals surface area contributed by atoms with Crippen molar-refractivity contribution in [3.05, 3.63) is 78.1 Å². The lowest BCUT2D eigenvalue weighted by Crippen LogP contribution is -1.91. The van der Waals surface area contributed by atoms with Gasteiger partial charge in [-0.1, -0.05) is 55.8 Å². The van der Waals surface area contributed by atoms with E-state index in [1.165, 1.54) is 11.1 Å². The number of methoxy groups -OCH3 is 2. The molecule has 1 fully saturated rings. The normalized spacial score (nSPS) is 11.1. The fourth-order valence-corrected chi connectivity index (χ4v) is 2.84. The SMILES string of the molecule is C1CO1.CC.COc1ccc(-c2cnc3[nH]cc(C)c3c2)cc1OC.Cc1ccccc1. The molecule has 2 aromatic carbocycles. The van der Waals surface area contributed by atoms with Gasteiger partial charge in [0.05, 0.1) is 27.4 Å². The Morgan fingerprint density at radius 1 is 0.844 bits per heavy atom. The second-order valence-corrected chi connectivity index (χ2v) is 6.93. The van der Waals surface area contributed by atoms with Crippen LogP contribution in [-0.4, -0.2) is 37.4 Å². The van der Waals surface area contributed by atoms with Crippen LogP contribution in [0.2, 0.25) is 0 Å². The highest BCUT2D eigenvalue weighted by atomic mass is 16.6. The summed E-state index contributed by atoms with van der Waals surface area (Å²) in [6.07, 6.45) is 3.83. The van der Waals surface area contributed by atoms with E-state index in [0.29, 0.717) is 0 Å². The summed E-state index contributed by atoms with van der Waals surface area (Å²) in [6, 6.07) is 18.3. The third-order valence-corrected chi connectivity index (χ3v) is 4.60. The van der Waals surface area contributed by atoms with Crippen LogP contribution >= 0.6 is 0 Å². The first kappa shape index (κ1) is 25.0. The molecule has 0 amide bonds. The first-order chi connectivity index (χ1) is 15.6. The van der Waals surface area contributed by atoms with Crippen LogP contribution in [0.25, 0.3) is 22.2 Å². The smallest absolute Gasteiger partial charge is 0.161 e. The first-order valence-electron chi connectivity index (χ1n) is 10.9. The molecular weight excluding hydrogens is 400 g/mol. The summed E-state index contributed by atoms with van der Waals surface area (Å²) in [4.78, 5) is 7.60. The van der Waals surface area contributed by atoms with Gasteiger partial charge in [0.15, 0.2) is 11.5 Å². The summed E-state index contributed by atoms with van der Waals surface area (Å²) < 4.78 is 15.1. The Morgan fingerprint density at radius 2 is 1.50 bits per heavy atom. The summed E-state index contributed by atoms with van der Waals surface area (Å²) in [5.74, 6) is 1.44. The van der Waals surface area contributed by atoms with Crippen molar-refractivity contribution < 1.29 is 14.2 Å².